The van der Waals surface area contributed by atoms with Crippen molar-refractivity contribution in [3.05, 3.63) is 140 Å². The van der Waals surface area contributed by atoms with Crippen molar-refractivity contribution in [2.24, 2.45) is 0 Å². The van der Waals surface area contributed by atoms with E-state index in [0.717, 1.165) is 55.3 Å². The maximum atomic E-state index is 5.47. The van der Waals surface area contributed by atoms with E-state index in [1.54, 1.807) is 0 Å². The molecule has 200 valence electrons. The largest absolute Gasteiger partial charge is 0.246 e. The number of aromatic nitrogens is 3. The van der Waals surface area contributed by atoms with Gasteiger partial charge in [0.1, 0.15) is 0 Å². The lowest BCUT2D eigenvalue weighted by Crippen LogP contribution is -1.97. The molecule has 0 N–H and O–H groups in total. The number of hydrogen-bond acceptors (Lipinski definition) is 4. The molecule has 43 heavy (non-hydrogen) atoms. The number of nitrogens with zero attached hydrogens (tertiary/aromatic N) is 3. The van der Waals surface area contributed by atoms with Gasteiger partial charge in [-0.1, -0.05) is 121 Å². The van der Waals surface area contributed by atoms with Crippen molar-refractivity contribution in [1.29, 1.82) is 0 Å². The van der Waals surface area contributed by atoms with E-state index < -0.39 is 0 Å². The van der Waals surface area contributed by atoms with Gasteiger partial charge in [-0.2, -0.15) is 0 Å². The highest BCUT2D eigenvalue weighted by Gasteiger charge is 2.20. The third kappa shape index (κ3) is 3.77. The van der Waals surface area contributed by atoms with E-state index >= 15 is 0 Å². The zero-order chi connectivity index (χ0) is 28.3. The first-order valence-electron chi connectivity index (χ1n) is 14.4. The van der Waals surface area contributed by atoms with E-state index in [4.69, 9.17) is 15.0 Å². The van der Waals surface area contributed by atoms with Crippen LogP contribution in [0.25, 0.3) is 86.7 Å². The SMILES string of the molecule is c1ccc(-c2nc(-c3cccc4c3nc(-c3ccccc3)c3ccc5sc6ccccc6c5c34)c3ccccc3n2)cc1. The molecule has 0 bridgehead atoms. The molecule has 0 aliphatic heterocycles. The van der Waals surface area contributed by atoms with E-state index in [9.17, 15) is 0 Å². The van der Waals surface area contributed by atoms with Gasteiger partial charge in [-0.3, -0.25) is 0 Å². The Kier molecular flexibility index (Phi) is 5.37. The van der Waals surface area contributed by atoms with Crippen molar-refractivity contribution in [3.8, 4) is 33.9 Å². The molecule has 6 aromatic carbocycles. The summed E-state index contributed by atoms with van der Waals surface area (Å²) in [6.45, 7) is 0. The van der Waals surface area contributed by atoms with Gasteiger partial charge in [0.25, 0.3) is 0 Å². The predicted octanol–water partition coefficient (Wildman–Crippen LogP) is 10.7. The monoisotopic (exact) mass is 565 g/mol. The molecule has 0 unspecified atom stereocenters. The van der Waals surface area contributed by atoms with Crippen LogP contribution in [0, 0.1) is 0 Å². The maximum absolute atomic E-state index is 5.47. The van der Waals surface area contributed by atoms with Gasteiger partial charge >= 0.3 is 0 Å². The number of benzene rings is 6. The lowest BCUT2D eigenvalue weighted by atomic mass is 9.94. The summed E-state index contributed by atoms with van der Waals surface area (Å²) < 4.78 is 2.58. The molecule has 4 heteroatoms. The minimum atomic E-state index is 0.710. The number of para-hydroxylation sites is 2. The Morgan fingerprint density at radius 1 is 0.395 bits per heavy atom. The summed E-state index contributed by atoms with van der Waals surface area (Å²) in [5, 5.41) is 7.11. The predicted molar refractivity (Wildman–Crippen MR) is 182 cm³/mol. The molecule has 9 rings (SSSR count). The van der Waals surface area contributed by atoms with Crippen LogP contribution in [0.1, 0.15) is 0 Å². The average molecular weight is 566 g/mol. The second-order valence-electron chi connectivity index (χ2n) is 10.8. The average Bonchev–Trinajstić information content (AvgIpc) is 3.47. The second kappa shape index (κ2) is 9.55. The van der Waals surface area contributed by atoms with Crippen molar-refractivity contribution in [1.82, 2.24) is 15.0 Å². The van der Waals surface area contributed by atoms with Gasteiger partial charge in [0, 0.05) is 58.4 Å². The minimum absolute atomic E-state index is 0.710. The fourth-order valence-corrected chi connectivity index (χ4v) is 7.45. The van der Waals surface area contributed by atoms with E-state index in [0.29, 0.717) is 5.82 Å². The third-order valence-corrected chi connectivity index (χ3v) is 9.40. The zero-order valence-electron chi connectivity index (χ0n) is 23.0. The molecule has 0 atom stereocenters. The zero-order valence-corrected chi connectivity index (χ0v) is 23.8. The molecule has 0 saturated heterocycles. The first-order valence-corrected chi connectivity index (χ1v) is 15.2. The van der Waals surface area contributed by atoms with Crippen LogP contribution in [0.5, 0.6) is 0 Å². The van der Waals surface area contributed by atoms with Gasteiger partial charge in [-0.05, 0) is 18.2 Å². The Balaban J connectivity index is 1.47. The standard InChI is InChI=1S/C39H23N3S/c1-3-12-24(13-4-1)36-29-22-23-33-35(27-17-8-10-21-32(27)43-33)34(29)28-18-11-19-30(38(28)41-36)37-26-16-7-9-20-31(26)40-39(42-37)25-14-5-2-6-15-25/h1-23H. The van der Waals surface area contributed by atoms with Crippen LogP contribution in [0.2, 0.25) is 0 Å². The molecule has 0 aliphatic rings. The van der Waals surface area contributed by atoms with Crippen LogP contribution in [-0.2, 0) is 0 Å². The minimum Gasteiger partial charge on any atom is -0.246 e. The Labute approximate surface area is 251 Å². The van der Waals surface area contributed by atoms with Crippen LogP contribution < -0.4 is 0 Å². The molecule has 0 radical (unpaired) electrons. The maximum Gasteiger partial charge on any atom is 0.160 e. The normalized spacial score (nSPS) is 11.7. The second-order valence-corrected chi connectivity index (χ2v) is 11.9. The lowest BCUT2D eigenvalue weighted by Gasteiger charge is -2.15. The Hall–Kier alpha value is -5.45. The highest BCUT2D eigenvalue weighted by molar-refractivity contribution is 7.26. The topological polar surface area (TPSA) is 38.7 Å². The summed E-state index contributed by atoms with van der Waals surface area (Å²) in [4.78, 5) is 15.7. The van der Waals surface area contributed by atoms with Crippen molar-refractivity contribution in [3.63, 3.8) is 0 Å². The van der Waals surface area contributed by atoms with E-state index in [-0.39, 0.29) is 0 Å². The molecular formula is C39H23N3S. The smallest absolute Gasteiger partial charge is 0.160 e. The Morgan fingerprint density at radius 3 is 1.93 bits per heavy atom. The van der Waals surface area contributed by atoms with Gasteiger partial charge in [0.2, 0.25) is 0 Å². The van der Waals surface area contributed by atoms with Gasteiger partial charge in [0.05, 0.1) is 22.4 Å². The van der Waals surface area contributed by atoms with Crippen molar-refractivity contribution in [2.75, 3.05) is 0 Å². The molecule has 3 heterocycles. The van der Waals surface area contributed by atoms with Crippen LogP contribution >= 0.6 is 11.3 Å². The fourth-order valence-electron chi connectivity index (χ4n) is 6.34. The molecule has 0 amide bonds. The molecule has 3 nitrogen and oxygen atoms in total. The number of hydrogen-bond donors (Lipinski definition) is 0. The highest BCUT2D eigenvalue weighted by Crippen LogP contribution is 2.45. The lowest BCUT2D eigenvalue weighted by molar-refractivity contribution is 1.23. The summed E-state index contributed by atoms with van der Waals surface area (Å²) in [5.74, 6) is 0.710. The van der Waals surface area contributed by atoms with E-state index in [1.807, 2.05) is 35.6 Å². The molecule has 0 aliphatic carbocycles. The molecule has 0 saturated carbocycles. The fraction of sp³-hybridized carbons (Fsp3) is 0. The highest BCUT2D eigenvalue weighted by atomic mass is 32.1. The van der Waals surface area contributed by atoms with Gasteiger partial charge < -0.3 is 0 Å². The first-order chi connectivity index (χ1) is 21.3. The molecule has 0 spiro atoms. The number of pyridine rings is 1. The third-order valence-electron chi connectivity index (χ3n) is 8.27. The Morgan fingerprint density at radius 2 is 1.09 bits per heavy atom. The number of rotatable bonds is 3. The van der Waals surface area contributed by atoms with E-state index in [1.165, 1.54) is 25.6 Å². The molecule has 0 fully saturated rings. The Bertz CT molecular complexity index is 2500. The number of fused-ring (bicyclic) bond motifs is 8. The first kappa shape index (κ1) is 24.2. The summed E-state index contributed by atoms with van der Waals surface area (Å²) >= 11 is 1.85. The van der Waals surface area contributed by atoms with Crippen LogP contribution in [0.15, 0.2) is 140 Å². The van der Waals surface area contributed by atoms with Crippen LogP contribution in [0.4, 0.5) is 0 Å². The number of thiophene rings is 1. The summed E-state index contributed by atoms with van der Waals surface area (Å²) in [5.41, 5.74) is 6.82. The quantitative estimate of drug-likeness (QED) is 0.200. The summed E-state index contributed by atoms with van der Waals surface area (Å²) in [6.07, 6.45) is 0. The summed E-state index contributed by atoms with van der Waals surface area (Å²) in [7, 11) is 0. The van der Waals surface area contributed by atoms with E-state index in [2.05, 4.69) is 115 Å². The summed E-state index contributed by atoms with van der Waals surface area (Å²) in [6, 6.07) is 48.8. The van der Waals surface area contributed by atoms with Gasteiger partial charge in [-0.25, -0.2) is 15.0 Å². The molecule has 3 aromatic heterocycles. The van der Waals surface area contributed by atoms with Crippen LogP contribution in [0.3, 0.4) is 0 Å². The van der Waals surface area contributed by atoms with Gasteiger partial charge in [0.15, 0.2) is 5.82 Å². The van der Waals surface area contributed by atoms with Crippen LogP contribution in [-0.4, -0.2) is 15.0 Å². The molecular weight excluding hydrogens is 543 g/mol. The van der Waals surface area contributed by atoms with Crippen molar-refractivity contribution < 1.29 is 0 Å². The molecule has 9 aromatic rings. The van der Waals surface area contributed by atoms with Gasteiger partial charge in [-0.15, -0.1) is 11.3 Å². The van der Waals surface area contributed by atoms with Crippen molar-refractivity contribution >= 4 is 64.1 Å². The van der Waals surface area contributed by atoms with Crippen molar-refractivity contribution in [2.45, 2.75) is 0 Å².